The number of fused-ring (bicyclic) bond motifs is 3. The molecule has 4 aromatic rings. The Balaban J connectivity index is 1.09. The molecule has 1 amide bonds. The van der Waals surface area contributed by atoms with Crippen molar-refractivity contribution in [3.8, 4) is 5.75 Å². The first kappa shape index (κ1) is 22.7. The van der Waals surface area contributed by atoms with Gasteiger partial charge in [0.1, 0.15) is 5.75 Å². The molecule has 7 nitrogen and oxygen atoms in total. The van der Waals surface area contributed by atoms with Gasteiger partial charge in [-0.15, -0.1) is 11.3 Å². The number of H-pyrrole nitrogens is 1. The molecule has 3 aliphatic rings. The molecule has 2 N–H and O–H groups in total. The van der Waals surface area contributed by atoms with Crippen molar-refractivity contribution in [2.75, 3.05) is 38.7 Å². The summed E-state index contributed by atoms with van der Waals surface area (Å²) >= 11 is 1.80. The zero-order chi connectivity index (χ0) is 25.0. The molecule has 2 aromatic heterocycles. The fourth-order valence-corrected chi connectivity index (χ4v) is 6.72. The number of morpholine rings is 1. The number of carbonyl (C=O) groups is 1. The van der Waals surface area contributed by atoms with Crippen molar-refractivity contribution in [3.63, 3.8) is 0 Å². The molecule has 1 spiro atoms. The monoisotopic (exact) mass is 512 g/mol. The number of hydrogen-bond donors (Lipinski definition) is 2. The first-order valence-corrected chi connectivity index (χ1v) is 13.6. The standard InChI is InChI=1S/C29H28N4O3S/c1-35-20-4-7-26-23(14-20)29(28(34)30-26)15-24(29)19-3-5-22-25(31-32-27(22)13-19)6-2-18-12-21(37-17-18)16-33-8-10-36-11-9-33/h2-7,12-14,17,24H,8-11,15-16H2,1H3,(H,30,34)(H,31,32)/b6-2+. The van der Waals surface area contributed by atoms with Crippen molar-refractivity contribution in [1.29, 1.82) is 0 Å². The summed E-state index contributed by atoms with van der Waals surface area (Å²) in [5, 5.41) is 14.1. The average molecular weight is 513 g/mol. The lowest BCUT2D eigenvalue weighted by molar-refractivity contribution is -0.118. The van der Waals surface area contributed by atoms with Crippen molar-refractivity contribution in [3.05, 3.63) is 75.1 Å². The van der Waals surface area contributed by atoms with Gasteiger partial charge in [-0.3, -0.25) is 14.8 Å². The zero-order valence-corrected chi connectivity index (χ0v) is 21.4. The van der Waals surface area contributed by atoms with Crippen LogP contribution in [0.5, 0.6) is 5.75 Å². The third-order valence-electron chi connectivity index (χ3n) is 7.93. The quantitative estimate of drug-likeness (QED) is 0.380. The highest BCUT2D eigenvalue weighted by Gasteiger charge is 2.65. The van der Waals surface area contributed by atoms with Crippen molar-refractivity contribution in [2.24, 2.45) is 0 Å². The highest BCUT2D eigenvalue weighted by atomic mass is 32.1. The molecule has 1 saturated carbocycles. The van der Waals surface area contributed by atoms with E-state index in [1.165, 1.54) is 10.4 Å². The fourth-order valence-electron chi connectivity index (χ4n) is 5.82. The van der Waals surface area contributed by atoms with E-state index in [2.05, 4.69) is 62.2 Å². The van der Waals surface area contributed by atoms with E-state index >= 15 is 0 Å². The maximum Gasteiger partial charge on any atom is 0.235 e. The van der Waals surface area contributed by atoms with Crippen LogP contribution in [0.25, 0.3) is 23.1 Å². The number of rotatable bonds is 6. The summed E-state index contributed by atoms with van der Waals surface area (Å²) in [6.07, 6.45) is 5.01. The summed E-state index contributed by atoms with van der Waals surface area (Å²) in [6.45, 7) is 4.62. The number of nitrogens with one attached hydrogen (secondary N) is 2. The smallest absolute Gasteiger partial charge is 0.235 e. The number of ether oxygens (including phenoxy) is 2. The van der Waals surface area contributed by atoms with Crippen molar-refractivity contribution >= 4 is 46.0 Å². The van der Waals surface area contributed by atoms with Crippen LogP contribution >= 0.6 is 11.3 Å². The number of benzene rings is 2. The van der Waals surface area contributed by atoms with E-state index in [9.17, 15) is 4.79 Å². The van der Waals surface area contributed by atoms with Gasteiger partial charge in [-0.05, 0) is 64.9 Å². The largest absolute Gasteiger partial charge is 0.497 e. The summed E-state index contributed by atoms with van der Waals surface area (Å²) in [7, 11) is 1.66. The number of aromatic amines is 1. The lowest BCUT2D eigenvalue weighted by atomic mass is 9.91. The van der Waals surface area contributed by atoms with E-state index in [4.69, 9.17) is 9.47 Å². The molecule has 2 fully saturated rings. The average Bonchev–Trinajstić information content (AvgIpc) is 3.16. The zero-order valence-electron chi connectivity index (χ0n) is 20.6. The van der Waals surface area contributed by atoms with E-state index in [-0.39, 0.29) is 11.8 Å². The second-order valence-electron chi connectivity index (χ2n) is 10.1. The number of anilines is 1. The Hall–Kier alpha value is -3.46. The van der Waals surface area contributed by atoms with Crippen molar-refractivity contribution in [2.45, 2.75) is 24.3 Å². The molecule has 4 heterocycles. The minimum Gasteiger partial charge on any atom is -0.497 e. The van der Waals surface area contributed by atoms with Crippen LogP contribution in [-0.4, -0.2) is 54.4 Å². The summed E-state index contributed by atoms with van der Waals surface area (Å²) in [6, 6.07) is 14.5. The maximum atomic E-state index is 13.0. The van der Waals surface area contributed by atoms with Gasteiger partial charge in [0.15, 0.2) is 0 Å². The number of carbonyl (C=O) groups excluding carboxylic acids is 1. The Bertz CT molecular complexity index is 1530. The van der Waals surface area contributed by atoms with Gasteiger partial charge in [0.25, 0.3) is 0 Å². The molecule has 0 bridgehead atoms. The van der Waals surface area contributed by atoms with E-state index < -0.39 is 5.41 Å². The maximum absolute atomic E-state index is 13.0. The van der Waals surface area contributed by atoms with Crippen molar-refractivity contribution < 1.29 is 14.3 Å². The van der Waals surface area contributed by atoms with E-state index in [0.717, 1.165) is 78.4 Å². The molecule has 7 rings (SSSR count). The Kier molecular flexibility index (Phi) is 5.42. The van der Waals surface area contributed by atoms with Gasteiger partial charge in [0.05, 0.1) is 36.9 Å². The van der Waals surface area contributed by atoms with Crippen LogP contribution in [0.3, 0.4) is 0 Å². The number of amides is 1. The number of thiophene rings is 1. The molecule has 2 atom stereocenters. The molecular formula is C29H28N4O3S. The molecule has 1 saturated heterocycles. The van der Waals surface area contributed by atoms with Crippen LogP contribution in [0.4, 0.5) is 5.69 Å². The molecule has 2 aromatic carbocycles. The lowest BCUT2D eigenvalue weighted by Gasteiger charge is -2.25. The molecule has 1 aliphatic carbocycles. The molecule has 2 aliphatic heterocycles. The van der Waals surface area contributed by atoms with Gasteiger partial charge in [0, 0.05) is 41.5 Å². The second kappa shape index (κ2) is 8.83. The third-order valence-corrected chi connectivity index (χ3v) is 8.87. The van der Waals surface area contributed by atoms with Gasteiger partial charge in [0.2, 0.25) is 5.91 Å². The Labute approximate surface area is 219 Å². The summed E-state index contributed by atoms with van der Waals surface area (Å²) in [5.74, 6) is 1.00. The molecule has 188 valence electrons. The van der Waals surface area contributed by atoms with Gasteiger partial charge in [-0.2, -0.15) is 5.10 Å². The number of nitrogens with zero attached hydrogens (tertiary/aromatic N) is 2. The van der Waals surface area contributed by atoms with Crippen LogP contribution in [0, 0.1) is 0 Å². The van der Waals surface area contributed by atoms with Crippen LogP contribution in [0.15, 0.2) is 47.8 Å². The third kappa shape index (κ3) is 3.87. The van der Waals surface area contributed by atoms with Gasteiger partial charge in [-0.25, -0.2) is 0 Å². The van der Waals surface area contributed by atoms with Crippen LogP contribution < -0.4 is 10.1 Å². The van der Waals surface area contributed by atoms with Gasteiger partial charge >= 0.3 is 0 Å². The lowest BCUT2D eigenvalue weighted by Crippen LogP contribution is -2.35. The summed E-state index contributed by atoms with van der Waals surface area (Å²) < 4.78 is 10.9. The molecule has 37 heavy (non-hydrogen) atoms. The predicted molar refractivity (Wildman–Crippen MR) is 146 cm³/mol. The number of hydrogen-bond acceptors (Lipinski definition) is 6. The van der Waals surface area contributed by atoms with Crippen LogP contribution in [0.2, 0.25) is 0 Å². The minimum absolute atomic E-state index is 0.0813. The van der Waals surface area contributed by atoms with Gasteiger partial charge in [-0.1, -0.05) is 18.2 Å². The van der Waals surface area contributed by atoms with E-state index in [0.29, 0.717) is 0 Å². The normalized spacial score (nSPS) is 23.2. The Morgan fingerprint density at radius 3 is 2.95 bits per heavy atom. The van der Waals surface area contributed by atoms with Crippen LogP contribution in [0.1, 0.15) is 39.6 Å². The first-order valence-electron chi connectivity index (χ1n) is 12.7. The number of aromatic nitrogens is 2. The van der Waals surface area contributed by atoms with E-state index in [1.54, 1.807) is 18.4 Å². The topological polar surface area (TPSA) is 79.5 Å². The fraction of sp³-hybridized carbons (Fsp3) is 0.310. The van der Waals surface area contributed by atoms with Crippen molar-refractivity contribution in [1.82, 2.24) is 15.1 Å². The summed E-state index contributed by atoms with van der Waals surface area (Å²) in [4.78, 5) is 16.8. The predicted octanol–water partition coefficient (Wildman–Crippen LogP) is 5.01. The Morgan fingerprint density at radius 2 is 2.08 bits per heavy atom. The summed E-state index contributed by atoms with van der Waals surface area (Å²) in [5.41, 5.74) is 5.69. The Morgan fingerprint density at radius 1 is 1.19 bits per heavy atom. The van der Waals surface area contributed by atoms with Gasteiger partial charge < -0.3 is 14.8 Å². The molecule has 0 radical (unpaired) electrons. The number of methoxy groups -OCH3 is 1. The van der Waals surface area contributed by atoms with Crippen LogP contribution in [-0.2, 0) is 21.5 Å². The highest BCUT2D eigenvalue weighted by Crippen LogP contribution is 2.65. The van der Waals surface area contributed by atoms with E-state index in [1.807, 2.05) is 18.2 Å². The molecule has 2 unspecified atom stereocenters. The second-order valence-corrected chi connectivity index (χ2v) is 11.1. The highest BCUT2D eigenvalue weighted by molar-refractivity contribution is 7.10. The first-order chi connectivity index (χ1) is 18.1. The minimum atomic E-state index is -0.502. The SMILES string of the molecule is COc1ccc2c(c1)C1(CC1c1ccc3c(/C=C/c4csc(CN5CCOCC5)c4)n[nH]c3c1)C(=O)N2. The molecule has 8 heteroatoms. The molecular weight excluding hydrogens is 484 g/mol.